The van der Waals surface area contributed by atoms with E-state index >= 15 is 0 Å². The highest BCUT2D eigenvalue weighted by Crippen LogP contribution is 2.76. The predicted molar refractivity (Wildman–Crippen MR) is 230 cm³/mol. The highest BCUT2D eigenvalue weighted by molar-refractivity contribution is 5.75. The Hall–Kier alpha value is -2.95. The lowest BCUT2D eigenvalue weighted by atomic mass is 9.33. The van der Waals surface area contributed by atoms with Crippen LogP contribution < -0.4 is 10.1 Å². The molecule has 5 saturated carbocycles. The van der Waals surface area contributed by atoms with Gasteiger partial charge in [0.1, 0.15) is 23.7 Å². The van der Waals surface area contributed by atoms with Crippen molar-refractivity contribution < 1.29 is 19.7 Å². The normalized spacial score (nSPS) is 41.3. The minimum atomic E-state index is -1.05. The fourth-order valence-electron chi connectivity index (χ4n) is 15.9. The number of carbonyl (C=O) groups is 1. The zero-order valence-electron chi connectivity index (χ0n) is 36.7. The molecule has 0 radical (unpaired) electrons. The van der Waals surface area contributed by atoms with Gasteiger partial charge in [-0.05, 0) is 184 Å². The average molecular weight is 792 g/mol. The smallest absolute Gasteiger partial charge is 0.313 e. The van der Waals surface area contributed by atoms with Gasteiger partial charge < -0.3 is 20.3 Å². The van der Waals surface area contributed by atoms with Crippen LogP contribution in [0.4, 0.5) is 0 Å². The molecule has 1 aromatic rings. The first-order valence-corrected chi connectivity index (χ1v) is 23.2. The molecule has 7 nitrogen and oxygen atoms in total. The number of aromatic nitrogens is 1. The van der Waals surface area contributed by atoms with Crippen LogP contribution in [-0.4, -0.2) is 45.5 Å². The molecule has 1 unspecified atom stereocenters. The highest BCUT2D eigenvalue weighted by Gasteiger charge is 2.70. The Morgan fingerprint density at radius 3 is 2.41 bits per heavy atom. The van der Waals surface area contributed by atoms with Gasteiger partial charge in [0.15, 0.2) is 0 Å². The van der Waals surface area contributed by atoms with Crippen LogP contribution in [0.3, 0.4) is 0 Å². The molecule has 7 aliphatic carbocycles. The van der Waals surface area contributed by atoms with Gasteiger partial charge in [-0.2, -0.15) is 5.26 Å². The van der Waals surface area contributed by atoms with E-state index in [1.165, 1.54) is 74.5 Å². The summed E-state index contributed by atoms with van der Waals surface area (Å²) in [5.41, 5.74) is 3.81. The summed E-state index contributed by atoms with van der Waals surface area (Å²) in [6, 6.07) is 5.45. The van der Waals surface area contributed by atoms with E-state index < -0.39 is 17.0 Å². The molecule has 5 fully saturated rings. The van der Waals surface area contributed by atoms with E-state index in [1.807, 2.05) is 0 Å². The summed E-state index contributed by atoms with van der Waals surface area (Å²) in [5.74, 6) is 2.43. The number of nitriles is 1. The highest BCUT2D eigenvalue weighted by atomic mass is 16.5. The Morgan fingerprint density at radius 2 is 1.72 bits per heavy atom. The van der Waals surface area contributed by atoms with Crippen LogP contribution in [0, 0.1) is 68.0 Å². The van der Waals surface area contributed by atoms with Crippen molar-refractivity contribution in [1.82, 2.24) is 10.3 Å². The molecular weight excluding hydrogens is 719 g/mol. The number of fused-ring (bicyclic) bond motifs is 7. The molecule has 7 aliphatic rings. The maximum absolute atomic E-state index is 12.8. The van der Waals surface area contributed by atoms with Gasteiger partial charge in [-0.15, -0.1) is 0 Å². The van der Waals surface area contributed by atoms with Crippen LogP contribution >= 0.6 is 0 Å². The first-order chi connectivity index (χ1) is 27.5. The van der Waals surface area contributed by atoms with E-state index in [0.717, 1.165) is 45.1 Å². The molecule has 0 bridgehead atoms. The molecule has 1 aromatic heterocycles. The van der Waals surface area contributed by atoms with Crippen LogP contribution in [0.15, 0.2) is 53.8 Å². The lowest BCUT2D eigenvalue weighted by Gasteiger charge is -2.72. The van der Waals surface area contributed by atoms with Gasteiger partial charge in [-0.1, -0.05) is 78.2 Å². The fraction of sp³-hybridized carbons (Fsp3) is 0.745. The third kappa shape index (κ3) is 6.47. The molecule has 7 heteroatoms. The number of pyridine rings is 1. The van der Waals surface area contributed by atoms with E-state index in [-0.39, 0.29) is 39.7 Å². The van der Waals surface area contributed by atoms with Crippen molar-refractivity contribution in [2.75, 3.05) is 13.2 Å². The Labute approximate surface area is 349 Å². The Kier molecular flexibility index (Phi) is 10.7. The standard InChI is InChI=1S/C51H73N3O4/c1-34(2)37-17-26-51(54-31-29-50(57)20-9-8-10-21-50)28-27-47(6)39(42(37)51)13-14-41-46(5)22-18-38(45(3,4)40(46)19-23-48(41,47)7)35-15-24-49(25-16-35,44(55)56)33-58-43-36(32-52)12-11-30-53-43/h11-12,15,18,30,37,39-42,54,57H,1,8-10,13-14,16-17,19-29,31,33H2,2-7H3,(H,55,56)/t37-,39?,40-,41+,42+,46-,47+,48+,49+,51-/m0/s1. The fourth-order valence-corrected chi connectivity index (χ4v) is 15.9. The second-order valence-corrected chi connectivity index (χ2v) is 22.1. The summed E-state index contributed by atoms with van der Waals surface area (Å²) >= 11 is 0. The number of ether oxygens (including phenoxy) is 1. The largest absolute Gasteiger partial charge is 0.481 e. The molecule has 316 valence electrons. The molecule has 0 saturated heterocycles. The van der Waals surface area contributed by atoms with E-state index in [0.29, 0.717) is 54.4 Å². The molecule has 10 atom stereocenters. The van der Waals surface area contributed by atoms with Gasteiger partial charge in [-0.25, -0.2) is 4.98 Å². The van der Waals surface area contributed by atoms with Gasteiger partial charge in [0.2, 0.25) is 5.88 Å². The van der Waals surface area contributed by atoms with Crippen LogP contribution in [0.2, 0.25) is 0 Å². The molecular formula is C51H73N3O4. The number of hydrogen-bond acceptors (Lipinski definition) is 6. The molecule has 58 heavy (non-hydrogen) atoms. The summed E-state index contributed by atoms with van der Waals surface area (Å²) < 4.78 is 5.96. The number of aliphatic hydroxyl groups is 1. The molecule has 0 amide bonds. The van der Waals surface area contributed by atoms with Crippen molar-refractivity contribution in [3.05, 3.63) is 59.3 Å². The van der Waals surface area contributed by atoms with Crippen molar-refractivity contribution in [2.45, 2.75) is 168 Å². The quantitative estimate of drug-likeness (QED) is 0.202. The monoisotopic (exact) mass is 792 g/mol. The van der Waals surface area contributed by atoms with Crippen molar-refractivity contribution in [3.63, 3.8) is 0 Å². The maximum atomic E-state index is 12.8. The van der Waals surface area contributed by atoms with E-state index in [2.05, 4.69) is 76.6 Å². The second kappa shape index (κ2) is 14.9. The number of allylic oxidation sites excluding steroid dienone is 5. The van der Waals surface area contributed by atoms with Gasteiger partial charge in [-0.3, -0.25) is 4.79 Å². The SMILES string of the molecule is C=C(C)[C@@H]1CC[C@]2(NCCC3(O)CCCCC3)CC[C@]3(C)C(CC[C@@H]4[C@@]5(C)CC=C(C6=CC[C@@](COc7ncccc7C#N)(C(=O)O)CC6)C(C)(C)[C@@H]5CC[C@]43C)[C@@H]12. The predicted octanol–water partition coefficient (Wildman–Crippen LogP) is 11.1. The molecule has 0 aromatic carbocycles. The first kappa shape index (κ1) is 41.8. The summed E-state index contributed by atoms with van der Waals surface area (Å²) in [5, 5.41) is 35.7. The Morgan fingerprint density at radius 1 is 0.948 bits per heavy atom. The maximum Gasteiger partial charge on any atom is 0.313 e. The summed E-state index contributed by atoms with van der Waals surface area (Å²) in [7, 11) is 0. The zero-order valence-corrected chi connectivity index (χ0v) is 36.7. The number of nitrogens with one attached hydrogen (secondary N) is 1. The minimum Gasteiger partial charge on any atom is -0.481 e. The zero-order chi connectivity index (χ0) is 41.4. The van der Waals surface area contributed by atoms with Crippen LogP contribution in [0.1, 0.15) is 163 Å². The first-order valence-electron chi connectivity index (χ1n) is 23.2. The lowest BCUT2D eigenvalue weighted by Crippen LogP contribution is -2.68. The van der Waals surface area contributed by atoms with Gasteiger partial charge in [0.05, 0.1) is 5.60 Å². The van der Waals surface area contributed by atoms with Gasteiger partial charge >= 0.3 is 5.97 Å². The van der Waals surface area contributed by atoms with Crippen LogP contribution in [0.25, 0.3) is 0 Å². The minimum absolute atomic E-state index is 0.00448. The summed E-state index contributed by atoms with van der Waals surface area (Å²) in [4.78, 5) is 17.0. The van der Waals surface area contributed by atoms with Gasteiger partial charge in [0, 0.05) is 11.7 Å². The van der Waals surface area contributed by atoms with Crippen molar-refractivity contribution >= 4 is 5.97 Å². The molecule has 3 N–H and O–H groups in total. The van der Waals surface area contributed by atoms with Crippen molar-refractivity contribution in [3.8, 4) is 11.9 Å². The topological polar surface area (TPSA) is 115 Å². The summed E-state index contributed by atoms with van der Waals surface area (Å²) in [6.07, 6.45) is 25.6. The van der Waals surface area contributed by atoms with Crippen molar-refractivity contribution in [2.24, 2.45) is 56.7 Å². The Bertz CT molecular complexity index is 1890. The molecule has 0 spiro atoms. The number of nitrogens with zero attached hydrogens (tertiary/aromatic N) is 2. The van der Waals surface area contributed by atoms with Crippen LogP contribution in [0.5, 0.6) is 5.88 Å². The lowest BCUT2D eigenvalue weighted by molar-refractivity contribution is -0.221. The molecule has 1 heterocycles. The number of rotatable bonds is 10. The van der Waals surface area contributed by atoms with Gasteiger partial charge in [0.25, 0.3) is 0 Å². The molecule has 0 aliphatic heterocycles. The average Bonchev–Trinajstić information content (AvgIpc) is 3.58. The van der Waals surface area contributed by atoms with Crippen LogP contribution in [-0.2, 0) is 4.79 Å². The number of carboxylic acid groups (broad SMARTS) is 1. The van der Waals surface area contributed by atoms with Crippen molar-refractivity contribution in [1.29, 1.82) is 5.26 Å². The van der Waals surface area contributed by atoms with E-state index in [9.17, 15) is 20.3 Å². The third-order valence-corrected chi connectivity index (χ3v) is 19.3. The number of hydrogen-bond donors (Lipinski definition) is 3. The third-order valence-electron chi connectivity index (χ3n) is 19.3. The van der Waals surface area contributed by atoms with E-state index in [4.69, 9.17) is 4.74 Å². The number of aliphatic carboxylic acids is 1. The second-order valence-electron chi connectivity index (χ2n) is 22.1. The molecule has 8 rings (SSSR count). The van der Waals surface area contributed by atoms with E-state index in [1.54, 1.807) is 18.3 Å². The Balaban J connectivity index is 1.02. The number of carboxylic acids is 1. The summed E-state index contributed by atoms with van der Waals surface area (Å²) in [6.45, 7) is 20.9.